The predicted molar refractivity (Wildman–Crippen MR) is 72.9 cm³/mol. The summed E-state index contributed by atoms with van der Waals surface area (Å²) in [7, 11) is -3.64. The van der Waals surface area contributed by atoms with Crippen LogP contribution in [0.15, 0.2) is 0 Å². The van der Waals surface area contributed by atoms with Gasteiger partial charge < -0.3 is 5.11 Å². The zero-order valence-corrected chi connectivity index (χ0v) is 12.6. The maximum absolute atomic E-state index is 11.9. The highest BCUT2D eigenvalue weighted by Gasteiger charge is 2.44. The van der Waals surface area contributed by atoms with Gasteiger partial charge in [0.1, 0.15) is 0 Å². The first-order valence-electron chi connectivity index (χ1n) is 6.67. The van der Waals surface area contributed by atoms with E-state index < -0.39 is 27.6 Å². The fourth-order valence-electron chi connectivity index (χ4n) is 2.28. The lowest BCUT2D eigenvalue weighted by molar-refractivity contribution is -0.151. The first kappa shape index (κ1) is 16.4. The van der Waals surface area contributed by atoms with E-state index >= 15 is 0 Å². The van der Waals surface area contributed by atoms with Crippen molar-refractivity contribution >= 4 is 16.2 Å². The largest absolute Gasteiger partial charge is 0.481 e. The predicted octanol–water partition coefficient (Wildman–Crippen LogP) is 1.10. The number of nitrogens with one attached hydrogen (secondary N) is 2. The SMILES string of the molecule is CC(C)CNS(=O)(=O)NC1CCCCC1(C)C(=O)O. The quantitative estimate of drug-likeness (QED) is 0.683. The van der Waals surface area contributed by atoms with Crippen molar-refractivity contribution in [3.8, 4) is 0 Å². The molecule has 112 valence electrons. The van der Waals surface area contributed by atoms with Gasteiger partial charge in [-0.1, -0.05) is 26.7 Å². The summed E-state index contributed by atoms with van der Waals surface area (Å²) in [6, 6.07) is -0.552. The van der Waals surface area contributed by atoms with Crippen molar-refractivity contribution < 1.29 is 18.3 Å². The topological polar surface area (TPSA) is 95.5 Å². The van der Waals surface area contributed by atoms with Gasteiger partial charge in [-0.15, -0.1) is 0 Å². The summed E-state index contributed by atoms with van der Waals surface area (Å²) in [6.45, 7) is 5.77. The van der Waals surface area contributed by atoms with Gasteiger partial charge in [-0.3, -0.25) is 4.79 Å². The zero-order chi connectivity index (χ0) is 14.7. The second-order valence-electron chi connectivity index (χ2n) is 5.88. The van der Waals surface area contributed by atoms with Crippen LogP contribution in [0.25, 0.3) is 0 Å². The Morgan fingerprint density at radius 2 is 2.05 bits per heavy atom. The average molecular weight is 292 g/mol. The first-order valence-corrected chi connectivity index (χ1v) is 8.16. The molecule has 1 saturated carbocycles. The van der Waals surface area contributed by atoms with E-state index in [1.165, 1.54) is 0 Å². The third kappa shape index (κ3) is 4.43. The van der Waals surface area contributed by atoms with E-state index in [2.05, 4.69) is 9.44 Å². The minimum absolute atomic E-state index is 0.203. The van der Waals surface area contributed by atoms with Crippen molar-refractivity contribution in [2.24, 2.45) is 11.3 Å². The first-order chi connectivity index (χ1) is 8.67. The van der Waals surface area contributed by atoms with Gasteiger partial charge in [-0.05, 0) is 25.7 Å². The molecule has 0 aromatic carbocycles. The number of carbonyl (C=O) groups is 1. The molecule has 0 aromatic heterocycles. The highest BCUT2D eigenvalue weighted by Crippen LogP contribution is 2.36. The van der Waals surface area contributed by atoms with Crippen LogP contribution in [0.5, 0.6) is 0 Å². The molecule has 1 rings (SSSR count). The highest BCUT2D eigenvalue weighted by molar-refractivity contribution is 7.87. The standard InChI is InChI=1S/C12H24N2O4S/c1-9(2)8-13-19(17,18)14-10-6-4-5-7-12(10,3)11(15)16/h9-10,13-14H,4-8H2,1-3H3,(H,15,16). The number of hydrogen-bond donors (Lipinski definition) is 3. The van der Waals surface area contributed by atoms with E-state index in [0.29, 0.717) is 19.4 Å². The molecule has 2 atom stereocenters. The molecule has 0 saturated heterocycles. The van der Waals surface area contributed by atoms with E-state index in [-0.39, 0.29) is 5.92 Å². The summed E-state index contributed by atoms with van der Waals surface area (Å²) in [6.07, 6.45) is 2.73. The smallest absolute Gasteiger partial charge is 0.310 e. The lowest BCUT2D eigenvalue weighted by Gasteiger charge is -2.38. The molecule has 0 amide bonds. The summed E-state index contributed by atoms with van der Waals surface area (Å²) in [4.78, 5) is 11.4. The highest BCUT2D eigenvalue weighted by atomic mass is 32.2. The number of carboxylic acids is 1. The zero-order valence-electron chi connectivity index (χ0n) is 11.8. The van der Waals surface area contributed by atoms with Crippen LogP contribution in [0, 0.1) is 11.3 Å². The molecular weight excluding hydrogens is 268 g/mol. The lowest BCUT2D eigenvalue weighted by Crippen LogP contribution is -2.54. The fourth-order valence-corrected chi connectivity index (χ4v) is 3.67. The van der Waals surface area contributed by atoms with Gasteiger partial charge >= 0.3 is 5.97 Å². The molecule has 2 unspecified atom stereocenters. The number of aliphatic carboxylic acids is 1. The Balaban J connectivity index is 2.75. The number of carboxylic acid groups (broad SMARTS) is 1. The molecule has 7 heteroatoms. The Kier molecular flexibility index (Phi) is 5.34. The Hall–Kier alpha value is -0.660. The summed E-state index contributed by atoms with van der Waals surface area (Å²) >= 11 is 0. The molecule has 1 aliphatic rings. The molecule has 0 heterocycles. The van der Waals surface area contributed by atoms with Crippen LogP contribution < -0.4 is 9.44 Å². The molecule has 0 aromatic rings. The van der Waals surface area contributed by atoms with Crippen molar-refractivity contribution in [1.82, 2.24) is 9.44 Å². The van der Waals surface area contributed by atoms with E-state index in [4.69, 9.17) is 0 Å². The Morgan fingerprint density at radius 3 is 2.58 bits per heavy atom. The second-order valence-corrected chi connectivity index (χ2v) is 7.42. The summed E-state index contributed by atoms with van der Waals surface area (Å²) in [5.74, 6) is -0.738. The summed E-state index contributed by atoms with van der Waals surface area (Å²) in [5.41, 5.74) is -1.02. The van der Waals surface area contributed by atoms with Gasteiger partial charge in [-0.2, -0.15) is 13.1 Å². The minimum Gasteiger partial charge on any atom is -0.481 e. The van der Waals surface area contributed by atoms with Crippen LogP contribution in [-0.4, -0.2) is 32.1 Å². The molecule has 19 heavy (non-hydrogen) atoms. The molecule has 0 spiro atoms. The summed E-state index contributed by atoms with van der Waals surface area (Å²) in [5, 5.41) is 9.33. The maximum atomic E-state index is 11.9. The number of hydrogen-bond acceptors (Lipinski definition) is 3. The Morgan fingerprint density at radius 1 is 1.42 bits per heavy atom. The molecule has 1 aliphatic carbocycles. The average Bonchev–Trinajstić information content (AvgIpc) is 2.29. The normalized spacial score (nSPS) is 28.5. The maximum Gasteiger partial charge on any atom is 0.310 e. The van der Waals surface area contributed by atoms with Gasteiger partial charge in [0, 0.05) is 12.6 Å². The van der Waals surface area contributed by atoms with Crippen LogP contribution in [0.4, 0.5) is 0 Å². The van der Waals surface area contributed by atoms with Gasteiger partial charge in [0.2, 0.25) is 0 Å². The molecule has 6 nitrogen and oxygen atoms in total. The molecule has 3 N–H and O–H groups in total. The van der Waals surface area contributed by atoms with Crippen molar-refractivity contribution in [3.63, 3.8) is 0 Å². The molecule has 0 radical (unpaired) electrons. The second kappa shape index (κ2) is 6.19. The fraction of sp³-hybridized carbons (Fsp3) is 0.917. The molecule has 1 fully saturated rings. The van der Waals surface area contributed by atoms with Crippen molar-refractivity contribution in [3.05, 3.63) is 0 Å². The molecule has 0 aliphatic heterocycles. The van der Waals surface area contributed by atoms with Crippen LogP contribution in [0.1, 0.15) is 46.5 Å². The van der Waals surface area contributed by atoms with Crippen LogP contribution in [0.3, 0.4) is 0 Å². The van der Waals surface area contributed by atoms with Crippen LogP contribution >= 0.6 is 0 Å². The third-order valence-electron chi connectivity index (χ3n) is 3.68. The lowest BCUT2D eigenvalue weighted by atomic mass is 9.72. The van der Waals surface area contributed by atoms with Gasteiger partial charge in [0.05, 0.1) is 5.41 Å². The monoisotopic (exact) mass is 292 g/mol. The third-order valence-corrected chi connectivity index (χ3v) is 4.82. The van der Waals surface area contributed by atoms with E-state index in [9.17, 15) is 18.3 Å². The van der Waals surface area contributed by atoms with Crippen molar-refractivity contribution in [2.75, 3.05) is 6.54 Å². The van der Waals surface area contributed by atoms with E-state index in [0.717, 1.165) is 12.8 Å². The van der Waals surface area contributed by atoms with Crippen LogP contribution in [0.2, 0.25) is 0 Å². The van der Waals surface area contributed by atoms with Gasteiger partial charge in [0.25, 0.3) is 10.2 Å². The molecule has 0 bridgehead atoms. The molecular formula is C12H24N2O4S. The van der Waals surface area contributed by atoms with Crippen molar-refractivity contribution in [2.45, 2.75) is 52.5 Å². The van der Waals surface area contributed by atoms with E-state index in [1.807, 2.05) is 13.8 Å². The van der Waals surface area contributed by atoms with Crippen molar-refractivity contribution in [1.29, 1.82) is 0 Å². The minimum atomic E-state index is -3.64. The van der Waals surface area contributed by atoms with Gasteiger partial charge in [0.15, 0.2) is 0 Å². The number of rotatable bonds is 6. The van der Waals surface area contributed by atoms with Gasteiger partial charge in [-0.25, -0.2) is 4.72 Å². The Labute approximate surface area is 115 Å². The van der Waals surface area contributed by atoms with Crippen LogP contribution in [-0.2, 0) is 15.0 Å². The van der Waals surface area contributed by atoms with E-state index in [1.54, 1.807) is 6.92 Å². The Bertz CT molecular complexity index is 421. The summed E-state index contributed by atoms with van der Waals surface area (Å²) < 4.78 is 28.8.